The number of rotatable bonds is 12. The van der Waals surface area contributed by atoms with E-state index in [1.807, 2.05) is 0 Å². The molecule has 0 unspecified atom stereocenters. The summed E-state index contributed by atoms with van der Waals surface area (Å²) in [5.41, 5.74) is 0. The van der Waals surface area contributed by atoms with Crippen molar-refractivity contribution in [2.75, 3.05) is 40.0 Å². The summed E-state index contributed by atoms with van der Waals surface area (Å²) in [7, 11) is 1.73. The van der Waals surface area contributed by atoms with Gasteiger partial charge in [0.05, 0.1) is 0 Å². The van der Waals surface area contributed by atoms with Crippen LogP contribution in [0.5, 0.6) is 0 Å². The SMILES string of the molecule is CCNCCCCCCOCCCOC. The van der Waals surface area contributed by atoms with Gasteiger partial charge in [0.2, 0.25) is 0 Å². The standard InChI is InChI=1S/C12H27NO2/c1-3-13-9-6-4-5-7-11-15-12-8-10-14-2/h13H,3-12H2,1-2H3. The summed E-state index contributed by atoms with van der Waals surface area (Å²) in [6, 6.07) is 0. The van der Waals surface area contributed by atoms with Crippen molar-refractivity contribution in [3.63, 3.8) is 0 Å². The van der Waals surface area contributed by atoms with Crippen molar-refractivity contribution >= 4 is 0 Å². The van der Waals surface area contributed by atoms with E-state index in [-0.39, 0.29) is 0 Å². The van der Waals surface area contributed by atoms with Gasteiger partial charge in [-0.15, -0.1) is 0 Å². The summed E-state index contributed by atoms with van der Waals surface area (Å²) in [6.07, 6.45) is 6.09. The molecule has 0 aromatic heterocycles. The van der Waals surface area contributed by atoms with Crippen LogP contribution in [0.25, 0.3) is 0 Å². The van der Waals surface area contributed by atoms with Gasteiger partial charge in [0.1, 0.15) is 0 Å². The summed E-state index contributed by atoms with van der Waals surface area (Å²) in [5, 5.41) is 3.33. The number of methoxy groups -OCH3 is 1. The predicted molar refractivity (Wildman–Crippen MR) is 64.3 cm³/mol. The van der Waals surface area contributed by atoms with Crippen molar-refractivity contribution in [3.05, 3.63) is 0 Å². The second kappa shape index (κ2) is 13.9. The number of ether oxygens (including phenoxy) is 2. The van der Waals surface area contributed by atoms with E-state index in [0.29, 0.717) is 0 Å². The lowest BCUT2D eigenvalue weighted by molar-refractivity contribution is 0.100. The fourth-order valence-corrected chi connectivity index (χ4v) is 1.39. The molecule has 3 heteroatoms. The zero-order valence-electron chi connectivity index (χ0n) is 10.4. The second-order valence-corrected chi connectivity index (χ2v) is 3.73. The van der Waals surface area contributed by atoms with Crippen molar-refractivity contribution in [3.8, 4) is 0 Å². The Balaban J connectivity index is 2.81. The molecular formula is C12H27NO2. The fraction of sp³-hybridized carbons (Fsp3) is 1.00. The summed E-state index contributed by atoms with van der Waals surface area (Å²) in [5.74, 6) is 0. The molecule has 0 atom stereocenters. The van der Waals surface area contributed by atoms with Crippen LogP contribution in [-0.4, -0.2) is 40.0 Å². The van der Waals surface area contributed by atoms with E-state index < -0.39 is 0 Å². The maximum absolute atomic E-state index is 5.47. The normalized spacial score (nSPS) is 10.8. The van der Waals surface area contributed by atoms with Crippen LogP contribution in [0.15, 0.2) is 0 Å². The van der Waals surface area contributed by atoms with Crippen LogP contribution in [0.1, 0.15) is 39.0 Å². The minimum atomic E-state index is 0.808. The van der Waals surface area contributed by atoms with E-state index in [2.05, 4.69) is 12.2 Å². The van der Waals surface area contributed by atoms with Crippen LogP contribution >= 0.6 is 0 Å². The molecule has 0 aliphatic carbocycles. The molecule has 0 aliphatic rings. The lowest BCUT2D eigenvalue weighted by Gasteiger charge is -2.04. The van der Waals surface area contributed by atoms with Gasteiger partial charge in [0, 0.05) is 26.9 Å². The van der Waals surface area contributed by atoms with Crippen molar-refractivity contribution < 1.29 is 9.47 Å². The average molecular weight is 217 g/mol. The fourth-order valence-electron chi connectivity index (χ4n) is 1.39. The molecule has 3 nitrogen and oxygen atoms in total. The lowest BCUT2D eigenvalue weighted by atomic mass is 10.2. The van der Waals surface area contributed by atoms with Crippen LogP contribution in [-0.2, 0) is 9.47 Å². The molecule has 0 aromatic carbocycles. The first kappa shape index (κ1) is 14.9. The van der Waals surface area contributed by atoms with Gasteiger partial charge in [-0.2, -0.15) is 0 Å². The highest BCUT2D eigenvalue weighted by molar-refractivity contribution is 4.46. The Bertz CT molecular complexity index is 97.8. The molecule has 0 rings (SSSR count). The molecule has 0 aromatic rings. The van der Waals surface area contributed by atoms with Crippen molar-refractivity contribution in [2.24, 2.45) is 0 Å². The third-order valence-corrected chi connectivity index (χ3v) is 2.28. The molecule has 0 saturated carbocycles. The molecule has 0 fully saturated rings. The van der Waals surface area contributed by atoms with Gasteiger partial charge in [0.25, 0.3) is 0 Å². The third kappa shape index (κ3) is 13.9. The summed E-state index contributed by atoms with van der Waals surface area (Å²) in [6.45, 7) is 6.94. The average Bonchev–Trinajstić information content (AvgIpc) is 2.26. The van der Waals surface area contributed by atoms with Crippen molar-refractivity contribution in [1.29, 1.82) is 0 Å². The molecule has 0 amide bonds. The highest BCUT2D eigenvalue weighted by Gasteiger charge is 1.91. The molecule has 0 aliphatic heterocycles. The van der Waals surface area contributed by atoms with Crippen LogP contribution in [0.2, 0.25) is 0 Å². The number of hydrogen-bond acceptors (Lipinski definition) is 3. The summed E-state index contributed by atoms with van der Waals surface area (Å²) < 4.78 is 10.4. The van der Waals surface area contributed by atoms with E-state index >= 15 is 0 Å². The minimum Gasteiger partial charge on any atom is -0.385 e. The smallest absolute Gasteiger partial charge is 0.0487 e. The molecule has 15 heavy (non-hydrogen) atoms. The van der Waals surface area contributed by atoms with Crippen molar-refractivity contribution in [2.45, 2.75) is 39.0 Å². The van der Waals surface area contributed by atoms with Gasteiger partial charge < -0.3 is 14.8 Å². The van der Waals surface area contributed by atoms with E-state index in [0.717, 1.165) is 39.3 Å². The number of hydrogen-bond donors (Lipinski definition) is 1. The van der Waals surface area contributed by atoms with Crippen molar-refractivity contribution in [1.82, 2.24) is 5.32 Å². The molecule has 0 bridgehead atoms. The van der Waals surface area contributed by atoms with E-state index in [1.165, 1.54) is 25.7 Å². The molecule has 0 saturated heterocycles. The largest absolute Gasteiger partial charge is 0.385 e. The molecule has 92 valence electrons. The Morgan fingerprint density at radius 2 is 1.60 bits per heavy atom. The first-order valence-electron chi connectivity index (χ1n) is 6.19. The van der Waals surface area contributed by atoms with E-state index in [1.54, 1.807) is 7.11 Å². The van der Waals surface area contributed by atoms with Gasteiger partial charge in [-0.3, -0.25) is 0 Å². The molecule has 0 spiro atoms. The molecule has 1 N–H and O–H groups in total. The Hall–Kier alpha value is -0.120. The van der Waals surface area contributed by atoms with Crippen LogP contribution in [0.3, 0.4) is 0 Å². The first-order valence-corrected chi connectivity index (χ1v) is 6.19. The third-order valence-electron chi connectivity index (χ3n) is 2.28. The zero-order valence-corrected chi connectivity index (χ0v) is 10.4. The topological polar surface area (TPSA) is 30.5 Å². The summed E-state index contributed by atoms with van der Waals surface area (Å²) >= 11 is 0. The quantitative estimate of drug-likeness (QED) is 0.508. The van der Waals surface area contributed by atoms with Gasteiger partial charge >= 0.3 is 0 Å². The van der Waals surface area contributed by atoms with Gasteiger partial charge in [0.15, 0.2) is 0 Å². The lowest BCUT2D eigenvalue weighted by Crippen LogP contribution is -2.13. The van der Waals surface area contributed by atoms with E-state index in [4.69, 9.17) is 9.47 Å². The number of unbranched alkanes of at least 4 members (excludes halogenated alkanes) is 3. The van der Waals surface area contributed by atoms with Gasteiger partial charge in [-0.25, -0.2) is 0 Å². The maximum Gasteiger partial charge on any atom is 0.0487 e. The molecular weight excluding hydrogens is 190 g/mol. The van der Waals surface area contributed by atoms with Gasteiger partial charge in [-0.05, 0) is 32.4 Å². The Morgan fingerprint density at radius 3 is 2.33 bits per heavy atom. The summed E-state index contributed by atoms with van der Waals surface area (Å²) in [4.78, 5) is 0. The first-order chi connectivity index (χ1) is 7.41. The monoisotopic (exact) mass is 217 g/mol. The number of nitrogens with one attached hydrogen (secondary N) is 1. The Labute approximate surface area is 94.5 Å². The highest BCUT2D eigenvalue weighted by Crippen LogP contribution is 1.99. The maximum atomic E-state index is 5.47. The van der Waals surface area contributed by atoms with Crippen LogP contribution in [0, 0.1) is 0 Å². The van der Waals surface area contributed by atoms with Crippen LogP contribution < -0.4 is 5.32 Å². The predicted octanol–water partition coefficient (Wildman–Crippen LogP) is 2.21. The van der Waals surface area contributed by atoms with Crippen LogP contribution in [0.4, 0.5) is 0 Å². The molecule has 0 heterocycles. The molecule has 0 radical (unpaired) electrons. The Kier molecular flexibility index (Phi) is 13.8. The van der Waals surface area contributed by atoms with E-state index in [9.17, 15) is 0 Å². The second-order valence-electron chi connectivity index (χ2n) is 3.73. The highest BCUT2D eigenvalue weighted by atomic mass is 16.5. The minimum absolute atomic E-state index is 0.808. The Morgan fingerprint density at radius 1 is 0.867 bits per heavy atom. The zero-order chi connectivity index (χ0) is 11.2. The van der Waals surface area contributed by atoms with Gasteiger partial charge in [-0.1, -0.05) is 19.8 Å².